The molecule has 0 unspecified atom stereocenters. The van der Waals surface area contributed by atoms with Crippen LogP contribution in [-0.2, 0) is 0 Å². The van der Waals surface area contributed by atoms with Gasteiger partial charge in [-0.25, -0.2) is 4.52 Å². The number of aromatic amines is 1. The van der Waals surface area contributed by atoms with Crippen LogP contribution in [0, 0.1) is 6.92 Å². The van der Waals surface area contributed by atoms with E-state index < -0.39 is 0 Å². The maximum atomic E-state index is 12.3. The Labute approximate surface area is 160 Å². The number of H-pyrrole nitrogens is 1. The first-order valence-corrected chi connectivity index (χ1v) is 9.42. The van der Waals surface area contributed by atoms with Gasteiger partial charge in [0.05, 0.1) is 11.9 Å². The van der Waals surface area contributed by atoms with E-state index in [4.69, 9.17) is 4.52 Å². The lowest BCUT2D eigenvalue weighted by molar-refractivity contribution is 0.432. The van der Waals surface area contributed by atoms with Crippen molar-refractivity contribution in [2.24, 2.45) is 0 Å². The van der Waals surface area contributed by atoms with Crippen LogP contribution in [0.3, 0.4) is 0 Å². The maximum Gasteiger partial charge on any atom is 0.263 e. The summed E-state index contributed by atoms with van der Waals surface area (Å²) in [5, 5.41) is 12.0. The average molecular weight is 376 g/mol. The van der Waals surface area contributed by atoms with Gasteiger partial charge in [-0.3, -0.25) is 4.79 Å². The molecule has 0 atom stereocenters. The number of hydrogen-bond acceptors (Lipinski definition) is 6. The second-order valence-corrected chi connectivity index (χ2v) is 7.19. The number of aromatic nitrogens is 5. The van der Waals surface area contributed by atoms with Gasteiger partial charge in [0, 0.05) is 17.5 Å². The lowest BCUT2D eigenvalue weighted by Gasteiger charge is -2.23. The van der Waals surface area contributed by atoms with Gasteiger partial charge in [-0.1, -0.05) is 28.9 Å². The highest BCUT2D eigenvalue weighted by molar-refractivity contribution is 5.72. The molecule has 4 heterocycles. The second kappa shape index (κ2) is 6.72. The standard InChI is InChI=1S/C20H20N6O2/c1-12-3-2-4-14(9-12)18-24-20(28-25-18)15-11-22-26-16(10-17(27)23-19(15)26)13-5-7-21-8-6-13/h2-4,9-11,13,21H,5-8H2,1H3,(H,23,27). The number of rotatable bonds is 3. The molecule has 3 aromatic heterocycles. The quantitative estimate of drug-likeness (QED) is 0.570. The molecule has 1 saturated heterocycles. The van der Waals surface area contributed by atoms with E-state index in [-0.39, 0.29) is 5.56 Å². The molecule has 0 bridgehead atoms. The van der Waals surface area contributed by atoms with Gasteiger partial charge in [0.15, 0.2) is 0 Å². The highest BCUT2D eigenvalue weighted by Crippen LogP contribution is 2.28. The summed E-state index contributed by atoms with van der Waals surface area (Å²) in [6.07, 6.45) is 3.63. The highest BCUT2D eigenvalue weighted by atomic mass is 16.5. The van der Waals surface area contributed by atoms with Crippen molar-refractivity contribution in [3.63, 3.8) is 0 Å². The molecule has 8 nitrogen and oxygen atoms in total. The fraction of sp³-hybridized carbons (Fsp3) is 0.300. The number of hydrogen-bond donors (Lipinski definition) is 2. The maximum absolute atomic E-state index is 12.3. The molecular weight excluding hydrogens is 356 g/mol. The van der Waals surface area contributed by atoms with E-state index in [1.54, 1.807) is 16.8 Å². The van der Waals surface area contributed by atoms with E-state index in [0.717, 1.165) is 42.8 Å². The molecule has 0 spiro atoms. The number of nitrogens with one attached hydrogen (secondary N) is 2. The molecule has 0 aliphatic carbocycles. The summed E-state index contributed by atoms with van der Waals surface area (Å²) >= 11 is 0. The van der Waals surface area contributed by atoms with Crippen molar-refractivity contribution in [1.82, 2.24) is 30.1 Å². The summed E-state index contributed by atoms with van der Waals surface area (Å²) in [4.78, 5) is 19.7. The number of nitrogens with zero attached hydrogens (tertiary/aromatic N) is 4. The number of fused-ring (bicyclic) bond motifs is 1. The van der Waals surface area contributed by atoms with Gasteiger partial charge < -0.3 is 14.8 Å². The van der Waals surface area contributed by atoms with Gasteiger partial charge in [-0.15, -0.1) is 0 Å². The normalized spacial score (nSPS) is 15.3. The third-order valence-electron chi connectivity index (χ3n) is 5.22. The number of aryl methyl sites for hydroxylation is 1. The van der Waals surface area contributed by atoms with E-state index in [0.29, 0.717) is 28.8 Å². The summed E-state index contributed by atoms with van der Waals surface area (Å²) in [6, 6.07) is 9.56. The van der Waals surface area contributed by atoms with Crippen molar-refractivity contribution in [2.45, 2.75) is 25.7 Å². The van der Waals surface area contributed by atoms with Gasteiger partial charge in [0.2, 0.25) is 5.82 Å². The van der Waals surface area contributed by atoms with E-state index in [1.807, 2.05) is 31.2 Å². The predicted octanol–water partition coefficient (Wildman–Crippen LogP) is 2.52. The SMILES string of the molecule is Cc1cccc(-c2noc(-c3cnn4c(C5CCNCC5)cc(=O)[nH]c34)n2)c1. The van der Waals surface area contributed by atoms with Gasteiger partial charge in [-0.2, -0.15) is 10.1 Å². The fourth-order valence-corrected chi connectivity index (χ4v) is 3.81. The van der Waals surface area contributed by atoms with Crippen LogP contribution in [0.15, 0.2) is 45.8 Å². The Morgan fingerprint density at radius 2 is 2.07 bits per heavy atom. The third kappa shape index (κ3) is 2.91. The Kier molecular flexibility index (Phi) is 4.05. The highest BCUT2D eigenvalue weighted by Gasteiger charge is 2.22. The van der Waals surface area contributed by atoms with E-state index in [2.05, 4.69) is 25.5 Å². The Hall–Kier alpha value is -3.26. The molecule has 1 aliphatic rings. The van der Waals surface area contributed by atoms with E-state index >= 15 is 0 Å². The molecule has 8 heteroatoms. The molecule has 1 fully saturated rings. The van der Waals surface area contributed by atoms with Crippen LogP contribution in [0.2, 0.25) is 0 Å². The monoisotopic (exact) mass is 376 g/mol. The Morgan fingerprint density at radius 1 is 1.21 bits per heavy atom. The van der Waals surface area contributed by atoms with Crippen LogP contribution in [0.5, 0.6) is 0 Å². The van der Waals surface area contributed by atoms with E-state index in [1.165, 1.54) is 0 Å². The van der Waals surface area contributed by atoms with Crippen LogP contribution in [0.1, 0.15) is 30.0 Å². The Morgan fingerprint density at radius 3 is 2.89 bits per heavy atom. The molecule has 28 heavy (non-hydrogen) atoms. The minimum Gasteiger partial charge on any atom is -0.333 e. The molecule has 142 valence electrons. The van der Waals surface area contributed by atoms with Crippen LogP contribution in [-0.4, -0.2) is 37.8 Å². The first-order valence-electron chi connectivity index (χ1n) is 9.42. The topological polar surface area (TPSA) is 101 Å². The smallest absolute Gasteiger partial charge is 0.263 e. The van der Waals surface area contributed by atoms with Crippen molar-refractivity contribution < 1.29 is 4.52 Å². The van der Waals surface area contributed by atoms with Crippen LogP contribution < -0.4 is 10.9 Å². The zero-order valence-electron chi connectivity index (χ0n) is 15.5. The van der Waals surface area contributed by atoms with Crippen molar-refractivity contribution in [3.05, 3.63) is 58.1 Å². The lowest BCUT2D eigenvalue weighted by Crippen LogP contribution is -2.28. The number of piperidine rings is 1. The first-order chi connectivity index (χ1) is 13.7. The number of benzene rings is 1. The van der Waals surface area contributed by atoms with Crippen molar-refractivity contribution in [1.29, 1.82) is 0 Å². The molecule has 1 aromatic carbocycles. The van der Waals surface area contributed by atoms with Crippen LogP contribution in [0.25, 0.3) is 28.5 Å². The zero-order chi connectivity index (χ0) is 19.1. The van der Waals surface area contributed by atoms with Crippen LogP contribution >= 0.6 is 0 Å². The van der Waals surface area contributed by atoms with Gasteiger partial charge >= 0.3 is 0 Å². The zero-order valence-corrected chi connectivity index (χ0v) is 15.5. The summed E-state index contributed by atoms with van der Waals surface area (Å²) in [5.41, 5.74) is 3.98. The summed E-state index contributed by atoms with van der Waals surface area (Å²) in [7, 11) is 0. The van der Waals surface area contributed by atoms with Gasteiger partial charge in [0.1, 0.15) is 11.2 Å². The lowest BCUT2D eigenvalue weighted by atomic mass is 9.94. The average Bonchev–Trinajstić information content (AvgIpc) is 3.35. The summed E-state index contributed by atoms with van der Waals surface area (Å²) in [6.45, 7) is 3.90. The fourth-order valence-electron chi connectivity index (χ4n) is 3.81. The molecule has 1 aliphatic heterocycles. The van der Waals surface area contributed by atoms with Gasteiger partial charge in [0.25, 0.3) is 11.4 Å². The second-order valence-electron chi connectivity index (χ2n) is 7.19. The van der Waals surface area contributed by atoms with Crippen molar-refractivity contribution in [2.75, 3.05) is 13.1 Å². The Balaban J connectivity index is 1.59. The first kappa shape index (κ1) is 16.9. The molecule has 0 saturated carbocycles. The van der Waals surface area contributed by atoms with Crippen LogP contribution in [0.4, 0.5) is 0 Å². The van der Waals surface area contributed by atoms with Crippen molar-refractivity contribution in [3.8, 4) is 22.8 Å². The summed E-state index contributed by atoms with van der Waals surface area (Å²) in [5.74, 6) is 1.14. The molecule has 2 N–H and O–H groups in total. The molecule has 0 amide bonds. The Bertz CT molecular complexity index is 1200. The van der Waals surface area contributed by atoms with E-state index in [9.17, 15) is 4.79 Å². The summed E-state index contributed by atoms with van der Waals surface area (Å²) < 4.78 is 7.29. The molecular formula is C20H20N6O2. The molecule has 0 radical (unpaired) electrons. The van der Waals surface area contributed by atoms with Crippen molar-refractivity contribution >= 4 is 5.65 Å². The largest absolute Gasteiger partial charge is 0.333 e. The molecule has 4 aromatic rings. The minimum atomic E-state index is -0.152. The molecule has 5 rings (SSSR count). The minimum absolute atomic E-state index is 0.152. The third-order valence-corrected chi connectivity index (χ3v) is 5.22. The van der Waals surface area contributed by atoms with Gasteiger partial charge in [-0.05, 0) is 38.9 Å². The predicted molar refractivity (Wildman–Crippen MR) is 104 cm³/mol.